The lowest BCUT2D eigenvalue weighted by Crippen LogP contribution is -2.70. The zero-order chi connectivity index (χ0) is 110. The molecule has 35 atom stereocenters. The summed E-state index contributed by atoms with van der Waals surface area (Å²) in [5.41, 5.74) is 0. The van der Waals surface area contributed by atoms with Crippen LogP contribution in [-0.4, -0.2) is 436 Å². The van der Waals surface area contributed by atoms with Crippen molar-refractivity contribution in [3.8, 4) is 0 Å². The number of hydrogen-bond acceptors (Lipinski definition) is 63. The predicted octanol–water partition coefficient (Wildman–Crippen LogP) is -8.45. The van der Waals surface area contributed by atoms with E-state index in [0.717, 1.165) is 0 Å². The fraction of sp³-hybridized carbons (Fsp3) is 0.800. The van der Waals surface area contributed by atoms with E-state index in [-0.39, 0.29) is 0 Å². The third-order valence-electron chi connectivity index (χ3n) is 20.1. The third-order valence-corrected chi connectivity index (χ3v) is 23.1. The number of carbonyl (C=O) groups is 14. The number of ether oxygens (including phenoxy) is 28. The Morgan fingerprint density at radius 1 is 0.156 bits per heavy atom. The first-order valence-corrected chi connectivity index (χ1v) is 51.2. The summed E-state index contributed by atoms with van der Waals surface area (Å²) in [5, 5.41) is 0. The summed E-state index contributed by atoms with van der Waals surface area (Å²) < 4.78 is 452. The SMILES string of the molecule is CC(=O)OC1C(OC(C)=O)[C@H]2O[C@@H]3OC(COS(=O)(=O)O)[C@H](O[C@@H]4OC(COS(=O)(=O)O)[C@H](O[C@@H]5OC(COS(=O)(=O)O)[C@H](O[C@@H]6OC(COS(=O)(=O)O)[C@H](O[C@@H]7OC(COS(=O)(=O)O)[C@H](O[C@@H]8OC(COS(=O)(=O)O)[C@H](O[C@@H]1OC2COS(=O)(=O)O)C(OC(C)=O)C8OC(C)=O)C(OC(C)=O)C7OC(C)=O)C(OC(C)=O)C6OC(C)=O)C(OC(C)=O)C5OC(C)=O)C(OC(C)=O)C4OC(C)=O)C(OC(C)=O)C3OC(C)=O. The number of rotatable bonds is 35. The van der Waals surface area contributed by atoms with Crippen LogP contribution in [0.5, 0.6) is 0 Å². The molecule has 70 nitrogen and oxygen atoms in total. The molecule has 77 heteroatoms. The normalized spacial score (nSPS) is 34.7. The Bertz CT molecular complexity index is 4640. The molecule has 0 aliphatic carbocycles. The monoisotopic (exact) mass is 2280 g/mol. The smallest absolute Gasteiger partial charge is 0.397 e. The molecule has 0 aromatic carbocycles. The fourth-order valence-electron chi connectivity index (χ4n) is 15.7. The average molecular weight is 2280 g/mol. The molecule has 21 aliphatic heterocycles. The van der Waals surface area contributed by atoms with Crippen LogP contribution in [0.25, 0.3) is 0 Å². The Morgan fingerprint density at radius 2 is 0.238 bits per heavy atom. The zero-order valence-electron chi connectivity index (χ0n) is 77.9. The Labute approximate surface area is 830 Å². The standard InChI is InChI=1S/C70H98O70S7/c1-22(71)113-50-43-36(15-106-141(85,86)87)127-64(57(50)120-29(8)78)135-44-37(16-107-142(88,89)90)129-66(59(122-31(10)80)51(44)114-23(2)72)137-46-39(18-109-144(94,95)96)131-68(61(124-33(12)82)53(46)116-25(4)74)139-48-41(20-111-146(100,101)102)133-70(63(126-35(14)84)55(48)118-27(6)76)140-49-42(21-112-147(103,104)105)132-69(62(125-34(13)83)56(49)119-28(7)77)138-47-40(19-110-145(97,98)99)130-67(60(123-32(11)81)54(47)117-26(5)75)136-45-38(17-108-143(91,92)93)128-65(134-43)58(121-30(9)79)52(45)115-24(3)73/h36-70H,15-21H2,1-14H3,(H,85,86,87)(H,88,89,90)(H,91,92,93)(H,94,95,96)(H,97,98,99)(H,100,101,102)(H,103,104,105)/t36?,37?,38?,39?,40?,41?,42?,43-,44-,45-,46-,47-,48-,49-,50?,51?,52?,53?,54?,55?,56?,57?,58?,59?,60?,61?,62?,63?,64-,65-,66-,67-,68-,69-,70-/m0/s1. The average Bonchev–Trinajstić information content (AvgIpc) is 0.906. The number of esters is 14. The largest absolute Gasteiger partial charge is 0.455 e. The van der Waals surface area contributed by atoms with Crippen LogP contribution >= 0.6 is 0 Å². The van der Waals surface area contributed by atoms with Crippen LogP contribution in [-0.2, 0) is 302 Å². The van der Waals surface area contributed by atoms with Crippen molar-refractivity contribution in [2.24, 2.45) is 0 Å². The zero-order valence-corrected chi connectivity index (χ0v) is 83.6. The van der Waals surface area contributed by atoms with Gasteiger partial charge in [-0.15, -0.1) is 0 Å². The summed E-state index contributed by atoms with van der Waals surface area (Å²) in [6, 6.07) is 0. The van der Waals surface area contributed by atoms with Crippen LogP contribution in [0.15, 0.2) is 0 Å². The second-order valence-corrected chi connectivity index (χ2v) is 39.2. The van der Waals surface area contributed by atoms with Gasteiger partial charge in [-0.3, -0.25) is 99.0 Å². The molecular formula is C70H98O70S7. The van der Waals surface area contributed by atoms with E-state index in [0.29, 0.717) is 96.9 Å². The van der Waals surface area contributed by atoms with E-state index < -0.39 is 418 Å². The van der Waals surface area contributed by atoms with Gasteiger partial charge in [0.1, 0.15) is 85.5 Å². The van der Waals surface area contributed by atoms with Gasteiger partial charge < -0.3 is 133 Å². The third kappa shape index (κ3) is 37.9. The molecule has 0 spiro atoms. The van der Waals surface area contributed by atoms with Crippen LogP contribution in [0, 0.1) is 0 Å². The van der Waals surface area contributed by atoms with Gasteiger partial charge in [0, 0.05) is 96.9 Å². The van der Waals surface area contributed by atoms with Crippen molar-refractivity contribution in [1.29, 1.82) is 0 Å². The highest BCUT2D eigenvalue weighted by Gasteiger charge is 2.67. The quantitative estimate of drug-likeness (QED) is 0.0176. The molecule has 21 aliphatic rings. The van der Waals surface area contributed by atoms with Gasteiger partial charge in [-0.1, -0.05) is 0 Å². The van der Waals surface area contributed by atoms with Gasteiger partial charge in [0.25, 0.3) is 0 Å². The molecule has 840 valence electrons. The number of carbonyl (C=O) groups excluding carboxylic acids is 14. The highest BCUT2D eigenvalue weighted by molar-refractivity contribution is 7.82. The lowest BCUT2D eigenvalue weighted by molar-refractivity contribution is -0.396. The van der Waals surface area contributed by atoms with E-state index in [1.165, 1.54) is 0 Å². The van der Waals surface area contributed by atoms with Gasteiger partial charge in [-0.05, 0) is 0 Å². The first kappa shape index (κ1) is 123. The molecule has 0 aromatic rings. The van der Waals surface area contributed by atoms with E-state index in [1.54, 1.807) is 0 Å². The summed E-state index contributed by atoms with van der Waals surface area (Å²) in [5.74, 6) is -22.6. The topological polar surface area (TPSA) is 943 Å². The van der Waals surface area contributed by atoms with Gasteiger partial charge in [-0.2, -0.15) is 58.9 Å². The highest BCUT2D eigenvalue weighted by atomic mass is 32.3. The van der Waals surface area contributed by atoms with Crippen molar-refractivity contribution < 1.29 is 320 Å². The Kier molecular flexibility index (Phi) is 43.2. The van der Waals surface area contributed by atoms with Crippen molar-refractivity contribution >= 4 is 156 Å². The van der Waals surface area contributed by atoms with E-state index in [4.69, 9.17) is 162 Å². The van der Waals surface area contributed by atoms with Crippen LogP contribution in [0.3, 0.4) is 0 Å². The lowest BCUT2D eigenvalue weighted by Gasteiger charge is -2.52. The van der Waals surface area contributed by atoms with E-state index >= 15 is 0 Å². The van der Waals surface area contributed by atoms with Crippen molar-refractivity contribution in [2.75, 3.05) is 46.2 Å². The summed E-state index contributed by atoms with van der Waals surface area (Å²) in [7, 11) is -42.0. The Hall–Kier alpha value is -8.89. The van der Waals surface area contributed by atoms with E-state index in [9.17, 15) is 158 Å². The summed E-state index contributed by atoms with van der Waals surface area (Å²) in [6.07, 6.45) is -99.6. The molecule has 0 saturated carbocycles. The number of hydrogen-bond donors (Lipinski definition) is 7. The first-order valence-electron chi connectivity index (χ1n) is 41.6. The molecular weight excluding hydrogens is 2190 g/mol. The highest BCUT2D eigenvalue weighted by Crippen LogP contribution is 2.46. The van der Waals surface area contributed by atoms with E-state index in [2.05, 4.69) is 0 Å². The Balaban J connectivity index is 1.56. The minimum Gasteiger partial charge on any atom is -0.455 e. The first-order chi connectivity index (χ1) is 67.7. The molecule has 21 unspecified atom stereocenters. The fourth-order valence-corrected chi connectivity index (χ4v) is 17.8. The summed E-state index contributed by atoms with van der Waals surface area (Å²) >= 11 is 0. The molecule has 0 radical (unpaired) electrons. The minimum absolute atomic E-state index is 0.538. The Morgan fingerprint density at radius 3 is 0.313 bits per heavy atom. The maximum Gasteiger partial charge on any atom is 0.397 e. The van der Waals surface area contributed by atoms with Gasteiger partial charge in [0.2, 0.25) is 0 Å². The van der Waals surface area contributed by atoms with Crippen LogP contribution < -0.4 is 0 Å². The van der Waals surface area contributed by atoms with Crippen molar-refractivity contribution in [3.05, 3.63) is 0 Å². The summed E-state index contributed by atoms with van der Waals surface area (Å²) in [6.45, 7) is -5.59. The minimum atomic E-state index is -5.99. The molecule has 21 fully saturated rings. The predicted molar refractivity (Wildman–Crippen MR) is 435 cm³/mol. The van der Waals surface area contributed by atoms with Crippen LogP contribution in [0.2, 0.25) is 0 Å². The molecule has 147 heavy (non-hydrogen) atoms. The molecule has 14 bridgehead atoms. The molecule has 21 saturated heterocycles. The molecule has 0 amide bonds. The van der Waals surface area contributed by atoms with Crippen molar-refractivity contribution in [3.63, 3.8) is 0 Å². The molecule has 7 N–H and O–H groups in total. The van der Waals surface area contributed by atoms with Crippen LogP contribution in [0.1, 0.15) is 96.9 Å². The maximum atomic E-state index is 13.9. The van der Waals surface area contributed by atoms with E-state index in [1.807, 2.05) is 0 Å². The maximum absolute atomic E-state index is 13.9. The van der Waals surface area contributed by atoms with Gasteiger partial charge >= 0.3 is 156 Å². The van der Waals surface area contributed by atoms with Gasteiger partial charge in [-0.25, -0.2) is 29.3 Å². The second kappa shape index (κ2) is 51.5. The molecule has 21 heterocycles. The van der Waals surface area contributed by atoms with Crippen LogP contribution in [0.4, 0.5) is 0 Å². The van der Waals surface area contributed by atoms with Crippen molar-refractivity contribution in [2.45, 2.75) is 312 Å². The lowest BCUT2D eigenvalue weighted by atomic mass is 9.94. The van der Waals surface area contributed by atoms with Gasteiger partial charge in [0.05, 0.1) is 46.2 Å². The van der Waals surface area contributed by atoms with Gasteiger partial charge in [0.15, 0.2) is 129 Å². The second-order valence-electron chi connectivity index (χ2n) is 31.5. The molecule has 21 rings (SSSR count). The molecule has 0 aromatic heterocycles. The van der Waals surface area contributed by atoms with Crippen molar-refractivity contribution in [1.82, 2.24) is 0 Å². The summed E-state index contributed by atoms with van der Waals surface area (Å²) in [4.78, 5) is 194.